The average molecular weight is 306 g/mol. The Morgan fingerprint density at radius 1 is 1.17 bits per heavy atom. The molecule has 0 aliphatic heterocycles. The van der Waals surface area contributed by atoms with Gasteiger partial charge in [-0.3, -0.25) is 0 Å². The number of ether oxygens (including phenoxy) is 1. The Kier molecular flexibility index (Phi) is 3.99. The number of halogens is 1. The quantitative estimate of drug-likeness (QED) is 0.871. The second-order valence-corrected chi connectivity index (χ2v) is 4.65. The van der Waals surface area contributed by atoms with Crippen LogP contribution in [-0.2, 0) is 6.61 Å². The molecular weight excluding hydrogens is 296 g/mol. The molecule has 0 radical (unpaired) electrons. The van der Waals surface area contributed by atoms with E-state index in [0.29, 0.717) is 6.61 Å². The first-order valence-corrected chi connectivity index (χ1v) is 6.13. The van der Waals surface area contributed by atoms with Gasteiger partial charge >= 0.3 is 0 Å². The van der Waals surface area contributed by atoms with Gasteiger partial charge in [0.1, 0.15) is 12.4 Å². The van der Waals surface area contributed by atoms with Crippen LogP contribution in [0, 0.1) is 0 Å². The zero-order valence-corrected chi connectivity index (χ0v) is 11.0. The van der Waals surface area contributed by atoms with E-state index in [1.165, 1.54) is 6.07 Å². The van der Waals surface area contributed by atoms with Crippen LogP contribution in [0.15, 0.2) is 53.0 Å². The highest BCUT2D eigenvalue weighted by molar-refractivity contribution is 9.10. The molecule has 2 aromatic carbocycles. The van der Waals surface area contributed by atoms with Crippen molar-refractivity contribution in [3.05, 3.63) is 64.1 Å². The highest BCUT2D eigenvalue weighted by Crippen LogP contribution is 2.19. The minimum atomic E-state index is -1.18. The molecule has 0 atom stereocenters. The van der Waals surface area contributed by atoms with Crippen LogP contribution in [0.3, 0.4) is 0 Å². The number of benzene rings is 2. The molecule has 0 heterocycles. The summed E-state index contributed by atoms with van der Waals surface area (Å²) in [5.74, 6) is -0.456. The fraction of sp³-hybridized carbons (Fsp3) is 0.0714. The molecule has 0 aliphatic rings. The van der Waals surface area contributed by atoms with Crippen LogP contribution >= 0.6 is 15.9 Å². The molecule has 0 saturated carbocycles. The smallest absolute Gasteiger partial charge is 0.120 e. The van der Waals surface area contributed by atoms with Gasteiger partial charge in [-0.05, 0) is 35.4 Å². The molecule has 3 nitrogen and oxygen atoms in total. The van der Waals surface area contributed by atoms with Gasteiger partial charge in [-0.25, -0.2) is 0 Å². The van der Waals surface area contributed by atoms with E-state index in [2.05, 4.69) is 15.9 Å². The summed E-state index contributed by atoms with van der Waals surface area (Å²) in [5.41, 5.74) is 0.946. The Bertz CT molecular complexity index is 566. The molecular formula is C14H10BrO3-. The summed E-state index contributed by atoms with van der Waals surface area (Å²) in [6, 6.07) is 14.0. The van der Waals surface area contributed by atoms with Gasteiger partial charge in [0, 0.05) is 4.47 Å². The predicted octanol–water partition coefficient (Wildman–Crippen LogP) is 2.39. The Morgan fingerprint density at radius 2 is 1.94 bits per heavy atom. The van der Waals surface area contributed by atoms with E-state index >= 15 is 0 Å². The minimum Gasteiger partial charge on any atom is -0.545 e. The van der Waals surface area contributed by atoms with E-state index in [9.17, 15) is 9.90 Å². The number of hydrogen-bond donors (Lipinski definition) is 0. The van der Waals surface area contributed by atoms with E-state index in [1.54, 1.807) is 12.1 Å². The van der Waals surface area contributed by atoms with Crippen molar-refractivity contribution in [1.82, 2.24) is 0 Å². The maximum absolute atomic E-state index is 10.7. The van der Waals surface area contributed by atoms with Crippen molar-refractivity contribution < 1.29 is 14.6 Å². The SMILES string of the molecule is O=C([O-])c1cccc(COc2cccc(Br)c2)c1. The van der Waals surface area contributed by atoms with Crippen LogP contribution in [0.4, 0.5) is 0 Å². The van der Waals surface area contributed by atoms with Crippen molar-refractivity contribution in [3.63, 3.8) is 0 Å². The van der Waals surface area contributed by atoms with E-state index in [0.717, 1.165) is 15.8 Å². The molecule has 2 aromatic rings. The highest BCUT2D eigenvalue weighted by atomic mass is 79.9. The molecule has 18 heavy (non-hydrogen) atoms. The summed E-state index contributed by atoms with van der Waals surface area (Å²) < 4.78 is 6.50. The van der Waals surface area contributed by atoms with Crippen molar-refractivity contribution in [2.24, 2.45) is 0 Å². The molecule has 92 valence electrons. The topological polar surface area (TPSA) is 49.4 Å². The van der Waals surface area contributed by atoms with Crippen LogP contribution < -0.4 is 9.84 Å². The zero-order chi connectivity index (χ0) is 13.0. The van der Waals surface area contributed by atoms with Gasteiger partial charge in [-0.2, -0.15) is 0 Å². The van der Waals surface area contributed by atoms with Crippen molar-refractivity contribution in [3.8, 4) is 5.75 Å². The lowest BCUT2D eigenvalue weighted by Gasteiger charge is -2.08. The van der Waals surface area contributed by atoms with Gasteiger partial charge in [0.2, 0.25) is 0 Å². The molecule has 0 spiro atoms. The molecule has 0 fully saturated rings. The van der Waals surface area contributed by atoms with Gasteiger partial charge in [0.05, 0.1) is 5.97 Å². The van der Waals surface area contributed by atoms with Crippen LogP contribution in [-0.4, -0.2) is 5.97 Å². The number of carbonyl (C=O) groups excluding carboxylic acids is 1. The zero-order valence-electron chi connectivity index (χ0n) is 9.43. The first-order valence-electron chi connectivity index (χ1n) is 5.34. The van der Waals surface area contributed by atoms with Crippen molar-refractivity contribution in [1.29, 1.82) is 0 Å². The summed E-state index contributed by atoms with van der Waals surface area (Å²) >= 11 is 3.35. The number of aromatic carboxylic acids is 1. The number of rotatable bonds is 4. The molecule has 0 unspecified atom stereocenters. The van der Waals surface area contributed by atoms with Crippen LogP contribution in [0.5, 0.6) is 5.75 Å². The second-order valence-electron chi connectivity index (χ2n) is 3.73. The van der Waals surface area contributed by atoms with E-state index < -0.39 is 5.97 Å². The largest absolute Gasteiger partial charge is 0.545 e. The first-order chi connectivity index (χ1) is 8.65. The lowest BCUT2D eigenvalue weighted by atomic mass is 10.1. The fourth-order valence-electron chi connectivity index (χ4n) is 1.51. The van der Waals surface area contributed by atoms with Crippen molar-refractivity contribution in [2.75, 3.05) is 0 Å². The molecule has 0 bridgehead atoms. The lowest BCUT2D eigenvalue weighted by Crippen LogP contribution is -2.22. The van der Waals surface area contributed by atoms with E-state index in [4.69, 9.17) is 4.74 Å². The number of carboxylic acid groups (broad SMARTS) is 1. The maximum atomic E-state index is 10.7. The molecule has 0 saturated heterocycles. The number of carbonyl (C=O) groups is 1. The molecule has 0 aromatic heterocycles. The summed E-state index contributed by atoms with van der Waals surface area (Å²) in [5, 5.41) is 10.7. The summed E-state index contributed by atoms with van der Waals surface area (Å²) in [4.78, 5) is 10.7. The van der Waals surface area contributed by atoms with Crippen molar-refractivity contribution in [2.45, 2.75) is 6.61 Å². The average Bonchev–Trinajstić information content (AvgIpc) is 2.37. The van der Waals surface area contributed by atoms with Gasteiger partial charge in [0.25, 0.3) is 0 Å². The van der Waals surface area contributed by atoms with Gasteiger partial charge in [0.15, 0.2) is 0 Å². The number of carboxylic acids is 1. The van der Waals surface area contributed by atoms with E-state index in [1.807, 2.05) is 30.3 Å². The molecule has 0 aliphatic carbocycles. The maximum Gasteiger partial charge on any atom is 0.120 e. The lowest BCUT2D eigenvalue weighted by molar-refractivity contribution is -0.255. The Hall–Kier alpha value is -1.81. The van der Waals surface area contributed by atoms with Gasteiger partial charge in [-0.1, -0.05) is 40.2 Å². The Labute approximate surface area is 113 Å². The second kappa shape index (κ2) is 5.69. The first kappa shape index (κ1) is 12.6. The van der Waals surface area contributed by atoms with E-state index in [-0.39, 0.29) is 5.56 Å². The normalized spacial score (nSPS) is 10.1. The third-order valence-corrected chi connectivity index (χ3v) is 2.86. The molecule has 0 N–H and O–H groups in total. The van der Waals surface area contributed by atoms with Gasteiger partial charge < -0.3 is 14.6 Å². The monoisotopic (exact) mass is 305 g/mol. The van der Waals surface area contributed by atoms with Gasteiger partial charge in [-0.15, -0.1) is 0 Å². The Morgan fingerprint density at radius 3 is 2.67 bits per heavy atom. The minimum absolute atomic E-state index is 0.158. The summed E-state index contributed by atoms with van der Waals surface area (Å²) in [6.45, 7) is 0.317. The third-order valence-electron chi connectivity index (χ3n) is 2.36. The fourth-order valence-corrected chi connectivity index (χ4v) is 1.89. The van der Waals surface area contributed by atoms with Crippen LogP contribution in [0.2, 0.25) is 0 Å². The Balaban J connectivity index is 2.06. The highest BCUT2D eigenvalue weighted by Gasteiger charge is 1.99. The summed E-state index contributed by atoms with van der Waals surface area (Å²) in [6.07, 6.45) is 0. The molecule has 0 amide bonds. The predicted molar refractivity (Wildman–Crippen MR) is 69.2 cm³/mol. The van der Waals surface area contributed by atoms with Crippen molar-refractivity contribution >= 4 is 21.9 Å². The summed E-state index contributed by atoms with van der Waals surface area (Å²) in [7, 11) is 0. The standard InChI is InChI=1S/C14H11BrO3/c15-12-5-2-6-13(8-12)18-9-10-3-1-4-11(7-10)14(16)17/h1-8H,9H2,(H,16,17)/p-1. The molecule has 4 heteroatoms. The molecule has 2 rings (SSSR count). The van der Waals surface area contributed by atoms with Crippen LogP contribution in [0.25, 0.3) is 0 Å². The third kappa shape index (κ3) is 3.34. The number of hydrogen-bond acceptors (Lipinski definition) is 3. The van der Waals surface area contributed by atoms with Crippen LogP contribution in [0.1, 0.15) is 15.9 Å².